The lowest BCUT2D eigenvalue weighted by Crippen LogP contribution is -2.30. The second-order valence-corrected chi connectivity index (χ2v) is 23.8. The molecule has 0 saturated carbocycles. The summed E-state index contributed by atoms with van der Waals surface area (Å²) in [5.74, 6) is -0.824. The molecule has 0 heterocycles. The molecule has 0 spiro atoms. The van der Waals surface area contributed by atoms with Crippen LogP contribution in [-0.4, -0.2) is 37.2 Å². The Hall–Kier alpha value is -1.59. The van der Waals surface area contributed by atoms with Gasteiger partial charge in [0.1, 0.15) is 13.2 Å². The molecule has 6 nitrogen and oxygen atoms in total. The van der Waals surface area contributed by atoms with Gasteiger partial charge in [-0.3, -0.25) is 14.4 Å². The van der Waals surface area contributed by atoms with Crippen molar-refractivity contribution in [2.75, 3.05) is 13.2 Å². The van der Waals surface area contributed by atoms with Crippen molar-refractivity contribution in [1.29, 1.82) is 0 Å². The van der Waals surface area contributed by atoms with Gasteiger partial charge in [0.2, 0.25) is 0 Å². The fourth-order valence-electron chi connectivity index (χ4n) is 10.9. The highest BCUT2D eigenvalue weighted by molar-refractivity contribution is 5.71. The van der Waals surface area contributed by atoms with Crippen LogP contribution in [0.4, 0.5) is 0 Å². The molecule has 0 saturated heterocycles. The maximum atomic E-state index is 12.9. The van der Waals surface area contributed by atoms with Gasteiger partial charge in [-0.05, 0) is 19.3 Å². The predicted molar refractivity (Wildman–Crippen MR) is 326 cm³/mol. The van der Waals surface area contributed by atoms with Gasteiger partial charge >= 0.3 is 17.9 Å². The molecule has 0 fully saturated rings. The van der Waals surface area contributed by atoms with Gasteiger partial charge in [0, 0.05) is 19.3 Å². The van der Waals surface area contributed by atoms with Crippen molar-refractivity contribution >= 4 is 17.9 Å². The van der Waals surface area contributed by atoms with Crippen molar-refractivity contribution < 1.29 is 28.6 Å². The summed E-state index contributed by atoms with van der Waals surface area (Å²) in [5, 5.41) is 0. The van der Waals surface area contributed by atoms with E-state index >= 15 is 0 Å². The van der Waals surface area contributed by atoms with Crippen LogP contribution < -0.4 is 0 Å². The maximum absolute atomic E-state index is 12.9. The number of carbonyl (C=O) groups excluding carboxylic acids is 3. The lowest BCUT2D eigenvalue weighted by Gasteiger charge is -2.18. The van der Waals surface area contributed by atoms with E-state index in [1.54, 1.807) is 0 Å². The molecule has 0 aromatic heterocycles. The zero-order valence-corrected chi connectivity index (χ0v) is 51.4. The molecule has 0 bridgehead atoms. The van der Waals surface area contributed by atoms with Gasteiger partial charge in [-0.1, -0.05) is 367 Å². The van der Waals surface area contributed by atoms with Crippen molar-refractivity contribution in [3.05, 3.63) is 0 Å². The minimum atomic E-state index is -0.762. The van der Waals surface area contributed by atoms with E-state index in [9.17, 15) is 14.4 Å². The topological polar surface area (TPSA) is 78.9 Å². The first-order valence-corrected chi connectivity index (χ1v) is 34.5. The SMILES string of the molecule is CCCCCCCCCCCCCCCCCCCCCCCCCCCCC(=O)OCC(COC(=O)CCCCCCCCCCCCC)OC(=O)CCCCCCCCCCCCCCCCCCCCCC. The van der Waals surface area contributed by atoms with Crippen molar-refractivity contribution in [1.82, 2.24) is 0 Å². The van der Waals surface area contributed by atoms with Crippen LogP contribution in [-0.2, 0) is 28.6 Å². The minimum absolute atomic E-state index is 0.0605. The number of rotatable bonds is 65. The van der Waals surface area contributed by atoms with Crippen molar-refractivity contribution in [2.24, 2.45) is 0 Å². The summed E-state index contributed by atoms with van der Waals surface area (Å²) in [6, 6.07) is 0. The number of hydrogen-bond acceptors (Lipinski definition) is 6. The molecule has 0 amide bonds. The molecule has 1 unspecified atom stereocenters. The lowest BCUT2D eigenvalue weighted by atomic mass is 10.0. The zero-order chi connectivity index (χ0) is 54.3. The van der Waals surface area contributed by atoms with E-state index in [1.807, 2.05) is 0 Å². The fraction of sp³-hybridized carbons (Fsp3) is 0.957. The molecule has 75 heavy (non-hydrogen) atoms. The Morgan fingerprint density at radius 2 is 0.360 bits per heavy atom. The van der Waals surface area contributed by atoms with Gasteiger partial charge in [-0.2, -0.15) is 0 Å². The third kappa shape index (κ3) is 63.1. The summed E-state index contributed by atoms with van der Waals surface area (Å²) in [5.41, 5.74) is 0. The average Bonchev–Trinajstić information content (AvgIpc) is 3.41. The molecular formula is C69H134O6. The molecule has 446 valence electrons. The Bertz CT molecular complexity index is 1120. The first kappa shape index (κ1) is 73.4. The highest BCUT2D eigenvalue weighted by Gasteiger charge is 2.19. The second-order valence-electron chi connectivity index (χ2n) is 23.8. The van der Waals surface area contributed by atoms with Crippen LogP contribution in [0.1, 0.15) is 406 Å². The van der Waals surface area contributed by atoms with E-state index in [0.29, 0.717) is 19.3 Å². The molecule has 0 N–H and O–H groups in total. The molecule has 0 aromatic rings. The summed E-state index contributed by atoms with van der Waals surface area (Å²) in [4.78, 5) is 38.3. The Morgan fingerprint density at radius 3 is 0.533 bits per heavy atom. The standard InChI is InChI=1S/C69H134O6/c1-4-7-10-13-16-19-22-24-26-28-30-32-33-34-35-36-37-39-40-42-44-47-50-53-56-59-62-68(71)74-65-66(64-73-67(70)61-58-55-52-49-46-21-18-15-12-9-6-3)75-69(72)63-60-57-54-51-48-45-43-41-38-31-29-27-25-23-20-17-14-11-8-5-2/h66H,4-65H2,1-3H3. The summed E-state index contributed by atoms with van der Waals surface area (Å²) >= 11 is 0. The number of unbranched alkanes of at least 4 members (excludes halogenated alkanes) is 54. The van der Waals surface area contributed by atoms with Crippen LogP contribution in [0.15, 0.2) is 0 Å². The van der Waals surface area contributed by atoms with Crippen molar-refractivity contribution in [3.63, 3.8) is 0 Å². The van der Waals surface area contributed by atoms with Gasteiger partial charge in [-0.25, -0.2) is 0 Å². The third-order valence-electron chi connectivity index (χ3n) is 16.1. The van der Waals surface area contributed by atoms with Crippen LogP contribution in [0.3, 0.4) is 0 Å². The largest absolute Gasteiger partial charge is 0.462 e. The van der Waals surface area contributed by atoms with E-state index in [1.165, 1.54) is 308 Å². The molecule has 6 heteroatoms. The van der Waals surface area contributed by atoms with Gasteiger partial charge in [0.15, 0.2) is 6.10 Å². The van der Waals surface area contributed by atoms with Gasteiger partial charge < -0.3 is 14.2 Å². The van der Waals surface area contributed by atoms with Crippen molar-refractivity contribution in [2.45, 2.75) is 412 Å². The lowest BCUT2D eigenvalue weighted by molar-refractivity contribution is -0.167. The summed E-state index contributed by atoms with van der Waals surface area (Å²) in [6.07, 6.45) is 75.7. The van der Waals surface area contributed by atoms with E-state index in [4.69, 9.17) is 14.2 Å². The Labute approximate surface area is 469 Å². The molecular weight excluding hydrogens is 925 g/mol. The molecule has 0 aliphatic rings. The number of esters is 3. The summed E-state index contributed by atoms with van der Waals surface area (Å²) in [6.45, 7) is 6.73. The van der Waals surface area contributed by atoms with Crippen LogP contribution in [0.25, 0.3) is 0 Å². The first-order valence-electron chi connectivity index (χ1n) is 34.5. The molecule has 0 radical (unpaired) electrons. The normalized spacial score (nSPS) is 11.9. The van der Waals surface area contributed by atoms with Crippen LogP contribution in [0.2, 0.25) is 0 Å². The van der Waals surface area contributed by atoms with Crippen LogP contribution in [0.5, 0.6) is 0 Å². The molecule has 0 aliphatic carbocycles. The Balaban J connectivity index is 4.14. The highest BCUT2D eigenvalue weighted by atomic mass is 16.6. The predicted octanol–water partition coefficient (Wildman–Crippen LogP) is 23.5. The van der Waals surface area contributed by atoms with E-state index in [0.717, 1.165) is 57.8 Å². The van der Waals surface area contributed by atoms with Crippen LogP contribution >= 0.6 is 0 Å². The fourth-order valence-corrected chi connectivity index (χ4v) is 10.9. The first-order chi connectivity index (χ1) is 37.0. The average molecular weight is 1060 g/mol. The quantitative estimate of drug-likeness (QED) is 0.0343. The van der Waals surface area contributed by atoms with Gasteiger partial charge in [-0.15, -0.1) is 0 Å². The summed E-state index contributed by atoms with van der Waals surface area (Å²) < 4.78 is 17.0. The monoisotopic (exact) mass is 1060 g/mol. The van der Waals surface area contributed by atoms with E-state index in [2.05, 4.69) is 20.8 Å². The Morgan fingerprint density at radius 1 is 0.213 bits per heavy atom. The smallest absolute Gasteiger partial charge is 0.306 e. The summed E-state index contributed by atoms with van der Waals surface area (Å²) in [7, 11) is 0. The third-order valence-corrected chi connectivity index (χ3v) is 16.1. The molecule has 0 aliphatic heterocycles. The van der Waals surface area contributed by atoms with Gasteiger partial charge in [0.05, 0.1) is 0 Å². The zero-order valence-electron chi connectivity index (χ0n) is 51.4. The molecule has 0 aromatic carbocycles. The second kappa shape index (κ2) is 64.9. The maximum Gasteiger partial charge on any atom is 0.306 e. The number of carbonyl (C=O) groups is 3. The van der Waals surface area contributed by atoms with Gasteiger partial charge in [0.25, 0.3) is 0 Å². The number of hydrogen-bond donors (Lipinski definition) is 0. The minimum Gasteiger partial charge on any atom is -0.462 e. The Kier molecular flexibility index (Phi) is 63.6. The molecule has 0 rings (SSSR count). The number of ether oxygens (including phenoxy) is 3. The molecule has 1 atom stereocenters. The van der Waals surface area contributed by atoms with Crippen molar-refractivity contribution in [3.8, 4) is 0 Å². The van der Waals surface area contributed by atoms with E-state index in [-0.39, 0.29) is 31.1 Å². The highest BCUT2D eigenvalue weighted by Crippen LogP contribution is 2.19. The van der Waals surface area contributed by atoms with E-state index < -0.39 is 6.10 Å². The van der Waals surface area contributed by atoms with Crippen LogP contribution in [0, 0.1) is 0 Å².